The molecule has 1 saturated carbocycles. The molecule has 5 rings (SSSR count). The van der Waals surface area contributed by atoms with Crippen molar-refractivity contribution in [1.29, 1.82) is 0 Å². The van der Waals surface area contributed by atoms with Gasteiger partial charge in [-0.05, 0) is 63.4 Å². The summed E-state index contributed by atoms with van der Waals surface area (Å²) in [6, 6.07) is 4.97. The van der Waals surface area contributed by atoms with Crippen molar-refractivity contribution in [1.82, 2.24) is 14.1 Å². The van der Waals surface area contributed by atoms with Crippen LogP contribution in [0.4, 0.5) is 0 Å². The zero-order valence-corrected chi connectivity index (χ0v) is 21.2. The van der Waals surface area contributed by atoms with Crippen molar-refractivity contribution in [3.05, 3.63) is 33.8 Å². The summed E-state index contributed by atoms with van der Waals surface area (Å²) < 4.78 is 34.5. The van der Waals surface area contributed by atoms with Gasteiger partial charge >= 0.3 is 0 Å². The predicted molar refractivity (Wildman–Crippen MR) is 128 cm³/mol. The number of hydrogen-bond acceptors (Lipinski definition) is 5. The molecule has 4 fully saturated rings. The Morgan fingerprint density at radius 1 is 1.12 bits per heavy atom. The second-order valence-electron chi connectivity index (χ2n) is 9.96. The summed E-state index contributed by atoms with van der Waals surface area (Å²) >= 11 is 12.2. The molecule has 33 heavy (non-hydrogen) atoms. The van der Waals surface area contributed by atoms with Crippen molar-refractivity contribution in [3.63, 3.8) is 0 Å². The molecule has 3 aliphatic heterocycles. The first kappa shape index (κ1) is 23.8. The van der Waals surface area contributed by atoms with Gasteiger partial charge in [-0.15, -0.1) is 0 Å². The fourth-order valence-electron chi connectivity index (χ4n) is 5.88. The van der Waals surface area contributed by atoms with Gasteiger partial charge in [-0.25, -0.2) is 8.42 Å². The lowest BCUT2D eigenvalue weighted by molar-refractivity contribution is -0.160. The third kappa shape index (κ3) is 4.32. The lowest BCUT2D eigenvalue weighted by Gasteiger charge is -2.59. The largest absolute Gasteiger partial charge is 0.378 e. The predicted octanol–water partition coefficient (Wildman–Crippen LogP) is 2.79. The molecule has 0 bridgehead atoms. The number of hydrogen-bond donors (Lipinski definition) is 0. The van der Waals surface area contributed by atoms with Crippen LogP contribution in [0.2, 0.25) is 10.0 Å². The van der Waals surface area contributed by atoms with Gasteiger partial charge in [0.25, 0.3) is 0 Å². The van der Waals surface area contributed by atoms with Crippen LogP contribution < -0.4 is 0 Å². The number of carbonyl (C=O) groups is 1. The van der Waals surface area contributed by atoms with Gasteiger partial charge in [-0.1, -0.05) is 29.3 Å². The molecular weight excluding hydrogens is 485 g/mol. The maximum Gasteiger partial charge on any atom is 0.227 e. The zero-order valence-electron chi connectivity index (χ0n) is 18.9. The molecule has 182 valence electrons. The minimum absolute atomic E-state index is 0.0146. The fraction of sp³-hybridized carbons (Fsp3) is 0.696. The molecule has 1 aromatic carbocycles. The Kier molecular flexibility index (Phi) is 6.46. The number of piperazine rings is 1. The van der Waals surface area contributed by atoms with Crippen LogP contribution in [0.3, 0.4) is 0 Å². The maximum absolute atomic E-state index is 13.6. The van der Waals surface area contributed by atoms with E-state index in [2.05, 4.69) is 4.90 Å². The summed E-state index contributed by atoms with van der Waals surface area (Å²) in [7, 11) is -3.42. The lowest BCUT2D eigenvalue weighted by Crippen LogP contribution is -2.78. The summed E-state index contributed by atoms with van der Waals surface area (Å²) in [6.45, 7) is 5.36. The summed E-state index contributed by atoms with van der Waals surface area (Å²) in [5.74, 6) is -0.0146. The van der Waals surface area contributed by atoms with E-state index in [0.717, 1.165) is 44.3 Å². The van der Waals surface area contributed by atoms with Crippen LogP contribution in [0.25, 0.3) is 0 Å². The minimum Gasteiger partial charge on any atom is -0.378 e. The molecule has 1 amide bonds. The van der Waals surface area contributed by atoms with Crippen LogP contribution in [-0.2, 0) is 26.0 Å². The molecule has 3 saturated heterocycles. The van der Waals surface area contributed by atoms with Crippen LogP contribution in [0.15, 0.2) is 18.2 Å². The highest BCUT2D eigenvalue weighted by Gasteiger charge is 2.59. The fourth-order valence-corrected chi connectivity index (χ4v) is 8.37. The molecule has 10 heteroatoms. The topological polar surface area (TPSA) is 70.2 Å². The van der Waals surface area contributed by atoms with E-state index in [9.17, 15) is 13.2 Å². The number of ether oxygens (including phenoxy) is 1. The normalized spacial score (nSPS) is 31.5. The van der Waals surface area contributed by atoms with Crippen LogP contribution in [-0.4, -0.2) is 90.7 Å². The second-order valence-corrected chi connectivity index (χ2v) is 12.9. The smallest absolute Gasteiger partial charge is 0.227 e. The Hall–Kier alpha value is -0.900. The molecule has 0 radical (unpaired) electrons. The van der Waals surface area contributed by atoms with Gasteiger partial charge in [0.1, 0.15) is 0 Å². The summed E-state index contributed by atoms with van der Waals surface area (Å²) in [6.07, 6.45) is 3.86. The van der Waals surface area contributed by atoms with E-state index < -0.39 is 15.6 Å². The third-order valence-electron chi connectivity index (χ3n) is 7.66. The lowest BCUT2D eigenvalue weighted by atomic mass is 9.81. The first-order valence-corrected chi connectivity index (χ1v) is 14.0. The molecule has 3 heterocycles. The van der Waals surface area contributed by atoms with Crippen molar-refractivity contribution in [2.24, 2.45) is 0 Å². The van der Waals surface area contributed by atoms with Gasteiger partial charge in [0.2, 0.25) is 15.9 Å². The Labute approximate surface area is 206 Å². The molecule has 1 aromatic rings. The molecular formula is C23H31Cl2N3O4S. The number of carbonyl (C=O) groups excluding carboxylic acids is 1. The number of nitrogens with zero attached hydrogens (tertiary/aromatic N) is 3. The van der Waals surface area contributed by atoms with Crippen molar-refractivity contribution >= 4 is 39.1 Å². The zero-order chi connectivity index (χ0) is 23.4. The summed E-state index contributed by atoms with van der Waals surface area (Å²) in [5.41, 5.74) is 0.00675. The molecule has 7 nitrogen and oxygen atoms in total. The van der Waals surface area contributed by atoms with E-state index in [0.29, 0.717) is 36.3 Å². The van der Waals surface area contributed by atoms with Gasteiger partial charge in [0.15, 0.2) is 0 Å². The molecule has 1 aliphatic carbocycles. The maximum atomic E-state index is 13.6. The number of rotatable bonds is 5. The van der Waals surface area contributed by atoms with Gasteiger partial charge in [-0.3, -0.25) is 9.69 Å². The molecule has 0 aromatic heterocycles. The van der Waals surface area contributed by atoms with E-state index in [1.807, 2.05) is 17.9 Å². The number of likely N-dealkylation sites (tertiary alicyclic amines) is 1. The van der Waals surface area contributed by atoms with Crippen molar-refractivity contribution in [2.75, 3.05) is 39.4 Å². The first-order valence-electron chi connectivity index (χ1n) is 11.8. The monoisotopic (exact) mass is 515 g/mol. The van der Waals surface area contributed by atoms with Gasteiger partial charge in [0, 0.05) is 13.1 Å². The number of amides is 1. The first-order chi connectivity index (χ1) is 15.7. The number of fused-ring (bicyclic) bond motifs is 1. The van der Waals surface area contributed by atoms with Gasteiger partial charge < -0.3 is 9.64 Å². The van der Waals surface area contributed by atoms with Gasteiger partial charge in [0.05, 0.1) is 52.6 Å². The number of benzene rings is 1. The van der Waals surface area contributed by atoms with Crippen LogP contribution in [0, 0.1) is 0 Å². The molecule has 3 atom stereocenters. The van der Waals surface area contributed by atoms with E-state index in [-0.39, 0.29) is 29.7 Å². The SMILES string of the molecule is CC12COCC(N3CCCC3)[C@H]1N(C(=O)Cc1ccc(Cl)c(Cl)c1)CCN2S(=O)(=O)C1CC1. The highest BCUT2D eigenvalue weighted by Crippen LogP contribution is 2.42. The highest BCUT2D eigenvalue weighted by atomic mass is 35.5. The number of halogens is 2. The van der Waals surface area contributed by atoms with E-state index in [1.165, 1.54) is 0 Å². The van der Waals surface area contributed by atoms with Crippen molar-refractivity contribution in [3.8, 4) is 0 Å². The second kappa shape index (κ2) is 8.95. The van der Waals surface area contributed by atoms with Crippen LogP contribution in [0.5, 0.6) is 0 Å². The third-order valence-corrected chi connectivity index (χ3v) is 10.9. The number of sulfonamides is 1. The van der Waals surface area contributed by atoms with Crippen molar-refractivity contribution in [2.45, 2.75) is 61.9 Å². The summed E-state index contributed by atoms with van der Waals surface area (Å²) in [5, 5.41) is 0.589. The van der Waals surface area contributed by atoms with Gasteiger partial charge in [-0.2, -0.15) is 4.31 Å². The average Bonchev–Trinajstić information content (AvgIpc) is 3.50. The van der Waals surface area contributed by atoms with Crippen LogP contribution in [0.1, 0.15) is 38.2 Å². The Bertz CT molecular complexity index is 1030. The molecule has 4 aliphatic rings. The Morgan fingerprint density at radius 2 is 1.85 bits per heavy atom. The molecule has 0 N–H and O–H groups in total. The Balaban J connectivity index is 1.48. The average molecular weight is 516 g/mol. The summed E-state index contributed by atoms with van der Waals surface area (Å²) in [4.78, 5) is 18.0. The molecule has 0 spiro atoms. The van der Waals surface area contributed by atoms with E-state index in [1.54, 1.807) is 16.4 Å². The quantitative estimate of drug-likeness (QED) is 0.602. The van der Waals surface area contributed by atoms with E-state index >= 15 is 0 Å². The standard InChI is InChI=1S/C23H31Cl2N3O4S/c1-23-15-32-14-20(26-8-2-3-9-26)22(23)27(10-11-28(23)33(30,31)17-5-6-17)21(29)13-16-4-7-18(24)19(25)12-16/h4,7,12,17,20,22H,2-3,5-6,8-11,13-15H2,1H3/t20?,22-,23?/m1/s1. The molecule has 2 unspecified atom stereocenters. The highest BCUT2D eigenvalue weighted by molar-refractivity contribution is 7.90. The van der Waals surface area contributed by atoms with Crippen molar-refractivity contribution < 1.29 is 17.9 Å². The van der Waals surface area contributed by atoms with E-state index in [4.69, 9.17) is 27.9 Å². The Morgan fingerprint density at radius 3 is 2.52 bits per heavy atom. The minimum atomic E-state index is -3.42. The van der Waals surface area contributed by atoms with Crippen LogP contribution >= 0.6 is 23.2 Å².